The van der Waals surface area contributed by atoms with Crippen molar-refractivity contribution in [1.29, 1.82) is 0 Å². The van der Waals surface area contributed by atoms with Gasteiger partial charge in [-0.15, -0.1) is 0 Å². The Hall–Kier alpha value is -2.69. The Labute approximate surface area is 140 Å². The van der Waals surface area contributed by atoms with Crippen molar-refractivity contribution in [2.24, 2.45) is 0 Å². The van der Waals surface area contributed by atoms with Crippen molar-refractivity contribution < 1.29 is 9.59 Å². The van der Waals surface area contributed by atoms with Crippen LogP contribution in [0.5, 0.6) is 0 Å². The van der Waals surface area contributed by atoms with Gasteiger partial charge in [-0.2, -0.15) is 0 Å². The molecule has 0 radical (unpaired) electrons. The zero-order chi connectivity index (χ0) is 16.7. The number of hydrogen-bond acceptors (Lipinski definition) is 4. The molecule has 1 atom stereocenters. The summed E-state index contributed by atoms with van der Waals surface area (Å²) in [5.41, 5.74) is 3.85. The molecule has 5 nitrogen and oxygen atoms in total. The van der Waals surface area contributed by atoms with Gasteiger partial charge in [-0.25, -0.2) is 4.98 Å². The maximum absolute atomic E-state index is 12.2. The average molecular weight is 321 g/mol. The molecule has 1 fully saturated rings. The fraction of sp³-hybridized carbons (Fsp3) is 0.316. The van der Waals surface area contributed by atoms with E-state index in [4.69, 9.17) is 0 Å². The van der Waals surface area contributed by atoms with Gasteiger partial charge in [0.15, 0.2) is 0 Å². The van der Waals surface area contributed by atoms with E-state index >= 15 is 0 Å². The van der Waals surface area contributed by atoms with Crippen LogP contribution in [-0.4, -0.2) is 16.7 Å². The first kappa shape index (κ1) is 14.9. The quantitative estimate of drug-likeness (QED) is 0.873. The maximum Gasteiger partial charge on any atom is 0.224 e. The fourth-order valence-electron chi connectivity index (χ4n) is 3.57. The van der Waals surface area contributed by atoms with Crippen molar-refractivity contribution in [1.82, 2.24) is 4.98 Å². The number of fused-ring (bicyclic) bond motifs is 2. The predicted molar refractivity (Wildman–Crippen MR) is 92.4 cm³/mol. The highest BCUT2D eigenvalue weighted by Gasteiger charge is 2.27. The highest BCUT2D eigenvalue weighted by atomic mass is 16.2. The minimum absolute atomic E-state index is 0.00518. The number of ketones is 1. The highest BCUT2D eigenvalue weighted by molar-refractivity contribution is 5.97. The summed E-state index contributed by atoms with van der Waals surface area (Å²) >= 11 is 0. The lowest BCUT2D eigenvalue weighted by Crippen LogP contribution is -2.27. The van der Waals surface area contributed by atoms with Crippen LogP contribution in [0.2, 0.25) is 0 Å². The van der Waals surface area contributed by atoms with E-state index in [2.05, 4.69) is 22.4 Å². The van der Waals surface area contributed by atoms with Crippen LogP contribution in [0.1, 0.15) is 43.2 Å². The van der Waals surface area contributed by atoms with E-state index in [0.717, 1.165) is 34.7 Å². The normalized spacial score (nSPS) is 19.3. The molecule has 0 spiro atoms. The van der Waals surface area contributed by atoms with Crippen molar-refractivity contribution >= 4 is 28.9 Å². The molecule has 1 aliphatic heterocycles. The van der Waals surface area contributed by atoms with Gasteiger partial charge in [0.2, 0.25) is 5.91 Å². The first-order valence-corrected chi connectivity index (χ1v) is 8.26. The Morgan fingerprint density at radius 3 is 2.96 bits per heavy atom. The molecule has 0 saturated heterocycles. The van der Waals surface area contributed by atoms with Crippen molar-refractivity contribution in [3.05, 3.63) is 47.7 Å². The number of nitrogens with zero attached hydrogens (tertiary/aromatic N) is 2. The Bertz CT molecular complexity index is 831. The Kier molecular flexibility index (Phi) is 3.56. The zero-order valence-electron chi connectivity index (χ0n) is 13.6. The number of rotatable bonds is 1. The van der Waals surface area contributed by atoms with E-state index in [1.165, 1.54) is 0 Å². The van der Waals surface area contributed by atoms with E-state index in [0.29, 0.717) is 25.2 Å². The maximum atomic E-state index is 12.2. The Morgan fingerprint density at radius 1 is 1.33 bits per heavy atom. The van der Waals surface area contributed by atoms with Gasteiger partial charge in [0.25, 0.3) is 0 Å². The number of carbonyl (C=O) groups excluding carboxylic acids is 2. The number of carbonyl (C=O) groups is 2. The van der Waals surface area contributed by atoms with Gasteiger partial charge in [-0.1, -0.05) is 12.1 Å². The number of pyridine rings is 1. The van der Waals surface area contributed by atoms with Crippen LogP contribution in [-0.2, 0) is 16.1 Å². The van der Waals surface area contributed by atoms with Crippen molar-refractivity contribution in [2.75, 3.05) is 10.2 Å². The second-order valence-electron chi connectivity index (χ2n) is 6.50. The van der Waals surface area contributed by atoms with Gasteiger partial charge in [0.05, 0.1) is 17.9 Å². The molecule has 1 aliphatic carbocycles. The summed E-state index contributed by atoms with van der Waals surface area (Å²) in [5.74, 6) is 1.37. The summed E-state index contributed by atoms with van der Waals surface area (Å²) in [4.78, 5) is 30.0. The van der Waals surface area contributed by atoms with E-state index in [-0.39, 0.29) is 11.8 Å². The third-order valence-electron chi connectivity index (χ3n) is 4.88. The number of aromatic nitrogens is 1. The SMILES string of the molecule is CC(=O)N1Cc2cccnc2Nc2ccc(C3CCC(=O)C3)cc21. The summed E-state index contributed by atoms with van der Waals surface area (Å²) in [6.07, 6.45) is 3.90. The van der Waals surface area contributed by atoms with Crippen LogP contribution in [0.3, 0.4) is 0 Å². The standard InChI is InChI=1S/C19H19N3O2/c1-12(23)22-11-15-3-2-8-20-19(15)21-17-7-5-14(10-18(17)22)13-4-6-16(24)9-13/h2-3,5,7-8,10,13H,4,6,9,11H2,1H3,(H,20,21). The molecule has 1 aromatic carbocycles. The number of nitrogens with one attached hydrogen (secondary N) is 1. The van der Waals surface area contributed by atoms with Crippen molar-refractivity contribution in [3.63, 3.8) is 0 Å². The van der Waals surface area contributed by atoms with E-state index in [1.807, 2.05) is 18.2 Å². The molecule has 1 N–H and O–H groups in total. The molecule has 24 heavy (non-hydrogen) atoms. The zero-order valence-corrected chi connectivity index (χ0v) is 13.6. The first-order valence-electron chi connectivity index (χ1n) is 8.26. The summed E-state index contributed by atoms with van der Waals surface area (Å²) in [7, 11) is 0. The van der Waals surface area contributed by atoms with Crippen molar-refractivity contribution in [2.45, 2.75) is 38.6 Å². The van der Waals surface area contributed by atoms with Crippen molar-refractivity contribution in [3.8, 4) is 0 Å². The Morgan fingerprint density at radius 2 is 2.21 bits per heavy atom. The summed E-state index contributed by atoms with van der Waals surface area (Å²) in [6, 6.07) is 9.96. The lowest BCUT2D eigenvalue weighted by molar-refractivity contribution is -0.118. The molecule has 1 saturated carbocycles. The molecule has 2 aromatic rings. The van der Waals surface area contributed by atoms with Gasteiger partial charge in [-0.05, 0) is 36.1 Å². The van der Waals surface area contributed by atoms with Gasteiger partial charge in [0.1, 0.15) is 11.6 Å². The third kappa shape index (κ3) is 2.56. The van der Waals surface area contributed by atoms with Crippen LogP contribution in [0.25, 0.3) is 0 Å². The second kappa shape index (κ2) is 5.74. The monoisotopic (exact) mass is 321 g/mol. The molecule has 1 amide bonds. The minimum Gasteiger partial charge on any atom is -0.338 e. The van der Waals surface area contributed by atoms with Gasteiger partial charge in [-0.3, -0.25) is 9.59 Å². The number of Topliss-reactive ketones (excluding diaryl/α,β-unsaturated/α-hetero) is 1. The smallest absolute Gasteiger partial charge is 0.224 e. The molecule has 2 heterocycles. The largest absolute Gasteiger partial charge is 0.338 e. The van der Waals surface area contributed by atoms with E-state index < -0.39 is 0 Å². The lowest BCUT2D eigenvalue weighted by atomic mass is 9.96. The Balaban J connectivity index is 1.78. The molecular weight excluding hydrogens is 302 g/mol. The summed E-state index contributed by atoms with van der Waals surface area (Å²) < 4.78 is 0. The second-order valence-corrected chi connectivity index (χ2v) is 6.50. The molecule has 1 aromatic heterocycles. The molecule has 1 unspecified atom stereocenters. The van der Waals surface area contributed by atoms with Crippen LogP contribution in [0.4, 0.5) is 17.2 Å². The number of anilines is 3. The molecule has 0 bridgehead atoms. The van der Waals surface area contributed by atoms with Gasteiger partial charge < -0.3 is 10.2 Å². The van der Waals surface area contributed by atoms with Gasteiger partial charge >= 0.3 is 0 Å². The fourth-order valence-corrected chi connectivity index (χ4v) is 3.57. The molecule has 2 aliphatic rings. The number of hydrogen-bond donors (Lipinski definition) is 1. The minimum atomic E-state index is -0.00518. The predicted octanol–water partition coefficient (Wildman–Crippen LogP) is 3.53. The number of amides is 1. The van der Waals surface area contributed by atoms with Crippen LogP contribution in [0, 0.1) is 0 Å². The molecular formula is C19H19N3O2. The lowest BCUT2D eigenvalue weighted by Gasteiger charge is -2.22. The van der Waals surface area contributed by atoms with Crippen LogP contribution < -0.4 is 10.2 Å². The molecule has 4 rings (SSSR count). The average Bonchev–Trinajstić information content (AvgIpc) is 2.93. The van der Waals surface area contributed by atoms with E-state index in [9.17, 15) is 9.59 Å². The van der Waals surface area contributed by atoms with Crippen LogP contribution >= 0.6 is 0 Å². The summed E-state index contributed by atoms with van der Waals surface area (Å²) in [6.45, 7) is 2.07. The van der Waals surface area contributed by atoms with E-state index in [1.54, 1.807) is 18.0 Å². The highest BCUT2D eigenvalue weighted by Crippen LogP contribution is 2.39. The van der Waals surface area contributed by atoms with Crippen LogP contribution in [0.15, 0.2) is 36.5 Å². The number of benzene rings is 1. The van der Waals surface area contributed by atoms with Gasteiger partial charge in [0, 0.05) is 31.5 Å². The molecule has 5 heteroatoms. The first-order chi connectivity index (χ1) is 11.6. The topological polar surface area (TPSA) is 62.3 Å². The third-order valence-corrected chi connectivity index (χ3v) is 4.88. The molecule has 122 valence electrons. The summed E-state index contributed by atoms with van der Waals surface area (Å²) in [5, 5.41) is 3.34.